The van der Waals surface area contributed by atoms with Crippen LogP contribution in [-0.4, -0.2) is 24.9 Å². The molecule has 2 aliphatic carbocycles. The normalized spacial score (nSPS) is 16.4. The molecule has 0 N–H and O–H groups in total. The molecule has 0 radical (unpaired) electrons. The Morgan fingerprint density at radius 1 is 0.688 bits per heavy atom. The van der Waals surface area contributed by atoms with Gasteiger partial charge in [-0.3, -0.25) is 0 Å². The Balaban J connectivity index is 0. The minimum atomic E-state index is -2.83. The van der Waals surface area contributed by atoms with Gasteiger partial charge in [-0.15, -0.1) is 17.6 Å². The molecule has 96 valence electrons. The van der Waals surface area contributed by atoms with Crippen molar-refractivity contribution in [3.05, 3.63) is 0 Å². The summed E-state index contributed by atoms with van der Waals surface area (Å²) in [6.45, 7) is 0. The van der Waals surface area contributed by atoms with Crippen molar-refractivity contribution in [3.63, 3.8) is 0 Å². The van der Waals surface area contributed by atoms with Crippen molar-refractivity contribution in [1.82, 2.24) is 0 Å². The minimum absolute atomic E-state index is 0.417. The molecule has 0 aromatic heterocycles. The Labute approximate surface area is 87.6 Å². The summed E-state index contributed by atoms with van der Waals surface area (Å²) in [5, 5.41) is 0. The molecule has 2 fully saturated rings. The van der Waals surface area contributed by atoms with Gasteiger partial charge in [-0.25, -0.2) is 18.4 Å². The summed E-state index contributed by atoms with van der Waals surface area (Å²) >= 11 is 0. The van der Waals surface area contributed by atoms with Gasteiger partial charge in [-0.2, -0.15) is 0 Å². The van der Waals surface area contributed by atoms with Crippen molar-refractivity contribution < 1.29 is 35.9 Å². The summed E-state index contributed by atoms with van der Waals surface area (Å²) in [4.78, 5) is 16.2. The molecular formula is C8H10F6O2. The maximum absolute atomic E-state index is 11.1. The van der Waals surface area contributed by atoms with E-state index in [1.807, 2.05) is 0 Å². The minimum Gasteiger partial charge on any atom is -0.247 e. The summed E-state index contributed by atoms with van der Waals surface area (Å²) in [5.74, 6) is 0. The fraction of sp³-hybridized carbons (Fsp3) is 0.750. The van der Waals surface area contributed by atoms with Crippen molar-refractivity contribution in [1.29, 1.82) is 0 Å². The molecule has 0 aromatic carbocycles. The second kappa shape index (κ2) is 10.4. The Morgan fingerprint density at radius 3 is 0.750 bits per heavy atom. The van der Waals surface area contributed by atoms with E-state index >= 15 is 0 Å². The molecule has 0 aromatic rings. The van der Waals surface area contributed by atoms with Crippen LogP contribution < -0.4 is 0 Å². The molecule has 2 rings (SSSR count). The van der Waals surface area contributed by atoms with Crippen molar-refractivity contribution in [2.24, 2.45) is 0 Å². The van der Waals surface area contributed by atoms with Crippen molar-refractivity contribution >= 4 is 12.6 Å². The number of hydrogen-bond donors (Lipinski definition) is 0. The zero-order chi connectivity index (χ0) is 13.1. The lowest BCUT2D eigenvalue weighted by atomic mass is 10.9. The maximum atomic E-state index is 11.1. The topological polar surface area (TPSA) is 34.1 Å². The predicted molar refractivity (Wildman–Crippen MR) is 43.5 cm³/mol. The maximum Gasteiger partial charge on any atom is 0.483 e. The molecule has 0 amide bonds. The highest BCUT2D eigenvalue weighted by Crippen LogP contribution is 2.22. The van der Waals surface area contributed by atoms with Crippen molar-refractivity contribution in [2.75, 3.05) is 0 Å². The van der Waals surface area contributed by atoms with Crippen LogP contribution in [0.15, 0.2) is 0 Å². The van der Waals surface area contributed by atoms with Crippen LogP contribution in [-0.2, 0) is 0 Å². The number of carbonyl (C=O) groups excluding carboxylic acids is 2. The fourth-order valence-electron chi connectivity index (χ4n) is 0.126. The van der Waals surface area contributed by atoms with Gasteiger partial charge in [-0.1, -0.05) is 0 Å². The predicted octanol–water partition coefficient (Wildman–Crippen LogP) is 4.33. The largest absolute Gasteiger partial charge is 0.483 e. The fourth-order valence-corrected chi connectivity index (χ4v) is 0.126. The monoisotopic (exact) mass is 252 g/mol. The summed E-state index contributed by atoms with van der Waals surface area (Å²) in [7, 11) is 0. The van der Waals surface area contributed by atoms with Gasteiger partial charge in [-0.05, 0) is 25.7 Å². The summed E-state index contributed by atoms with van der Waals surface area (Å²) in [6.07, 6.45) is -3.22. The SMILES string of the molecule is FC1CC1.FC1CC1.O=C(F)F.O=C(F)F. The van der Waals surface area contributed by atoms with Gasteiger partial charge in [0.1, 0.15) is 12.3 Å². The van der Waals surface area contributed by atoms with Gasteiger partial charge < -0.3 is 0 Å². The number of rotatable bonds is 0. The third-order valence-electron chi connectivity index (χ3n) is 1.01. The Bertz CT molecular complexity index is 173. The van der Waals surface area contributed by atoms with E-state index in [0.717, 1.165) is 25.7 Å². The van der Waals surface area contributed by atoms with Crippen LogP contribution in [0.3, 0.4) is 0 Å². The molecule has 0 bridgehead atoms. The average molecular weight is 252 g/mol. The average Bonchev–Trinajstić information content (AvgIpc) is 2.91. The first-order valence-electron chi connectivity index (χ1n) is 4.23. The summed E-state index contributed by atoms with van der Waals surface area (Å²) in [6, 6.07) is 0. The van der Waals surface area contributed by atoms with Crippen LogP contribution in [0, 0.1) is 0 Å². The third-order valence-corrected chi connectivity index (χ3v) is 1.01. The molecule has 8 heteroatoms. The van der Waals surface area contributed by atoms with E-state index in [1.54, 1.807) is 0 Å². The molecule has 0 saturated heterocycles. The quantitative estimate of drug-likeness (QED) is 0.475. The van der Waals surface area contributed by atoms with E-state index in [4.69, 9.17) is 9.59 Å². The van der Waals surface area contributed by atoms with E-state index in [1.165, 1.54) is 0 Å². The van der Waals surface area contributed by atoms with Gasteiger partial charge in [0.25, 0.3) is 0 Å². The zero-order valence-corrected chi connectivity index (χ0v) is 8.07. The van der Waals surface area contributed by atoms with E-state index in [9.17, 15) is 26.3 Å². The third kappa shape index (κ3) is 75.8. The lowest BCUT2D eigenvalue weighted by molar-refractivity contribution is 0.197. The Kier molecular flexibility index (Phi) is 11.3. The molecular weight excluding hydrogens is 242 g/mol. The van der Waals surface area contributed by atoms with Crippen LogP contribution in [0.5, 0.6) is 0 Å². The van der Waals surface area contributed by atoms with Crippen LogP contribution in [0.1, 0.15) is 25.7 Å². The van der Waals surface area contributed by atoms with Crippen molar-refractivity contribution in [3.8, 4) is 0 Å². The summed E-state index contributed by atoms with van der Waals surface area (Å²) in [5.41, 5.74) is 0. The molecule has 0 unspecified atom stereocenters. The van der Waals surface area contributed by atoms with Gasteiger partial charge in [0.2, 0.25) is 0 Å². The van der Waals surface area contributed by atoms with Crippen LogP contribution >= 0.6 is 0 Å². The lowest BCUT2D eigenvalue weighted by Crippen LogP contribution is -1.54. The first kappa shape index (κ1) is 17.3. The highest BCUT2D eigenvalue weighted by molar-refractivity contribution is 5.56. The van der Waals surface area contributed by atoms with Crippen LogP contribution in [0.4, 0.5) is 35.9 Å². The van der Waals surface area contributed by atoms with E-state index in [-0.39, 0.29) is 0 Å². The lowest BCUT2D eigenvalue weighted by Gasteiger charge is -1.50. The van der Waals surface area contributed by atoms with Gasteiger partial charge >= 0.3 is 12.6 Å². The van der Waals surface area contributed by atoms with E-state index < -0.39 is 24.9 Å². The van der Waals surface area contributed by atoms with E-state index in [0.29, 0.717) is 0 Å². The molecule has 0 aliphatic heterocycles. The molecule has 0 heterocycles. The number of carbonyl (C=O) groups is 2. The Morgan fingerprint density at radius 2 is 0.750 bits per heavy atom. The van der Waals surface area contributed by atoms with Gasteiger partial charge in [0.05, 0.1) is 0 Å². The second-order valence-electron chi connectivity index (χ2n) is 2.80. The van der Waals surface area contributed by atoms with Crippen LogP contribution in [0.25, 0.3) is 0 Å². The first-order valence-corrected chi connectivity index (χ1v) is 4.23. The number of hydrogen-bond acceptors (Lipinski definition) is 2. The molecule has 0 spiro atoms. The number of alkyl halides is 2. The highest BCUT2D eigenvalue weighted by atomic mass is 19.3. The molecule has 2 saturated carbocycles. The molecule has 2 aliphatic rings. The second-order valence-corrected chi connectivity index (χ2v) is 2.80. The standard InChI is InChI=1S/2C3H5F.2CF2O/c2*4-3-1-2-3;2*2-1(3)4/h2*3H,1-2H2;;. The first-order chi connectivity index (χ1) is 7.25. The summed E-state index contributed by atoms with van der Waals surface area (Å²) < 4.78 is 61.0. The van der Waals surface area contributed by atoms with Gasteiger partial charge in [0.15, 0.2) is 0 Å². The van der Waals surface area contributed by atoms with Crippen molar-refractivity contribution in [2.45, 2.75) is 38.0 Å². The smallest absolute Gasteiger partial charge is 0.247 e. The molecule has 2 nitrogen and oxygen atoms in total. The molecule has 16 heavy (non-hydrogen) atoms. The molecule has 0 atom stereocenters. The van der Waals surface area contributed by atoms with E-state index in [2.05, 4.69) is 0 Å². The Hall–Kier alpha value is -1.08. The van der Waals surface area contributed by atoms with Gasteiger partial charge in [0, 0.05) is 0 Å². The van der Waals surface area contributed by atoms with Crippen LogP contribution in [0.2, 0.25) is 0 Å². The highest BCUT2D eigenvalue weighted by Gasteiger charge is 2.18. The number of halogens is 6. The zero-order valence-electron chi connectivity index (χ0n) is 8.07.